The molecule has 0 radical (unpaired) electrons. The van der Waals surface area contributed by atoms with Gasteiger partial charge in [0.2, 0.25) is 5.91 Å². The van der Waals surface area contributed by atoms with Crippen molar-refractivity contribution < 1.29 is 4.79 Å². The van der Waals surface area contributed by atoms with Gasteiger partial charge in [-0.2, -0.15) is 0 Å². The van der Waals surface area contributed by atoms with Crippen LogP contribution in [0.2, 0.25) is 0 Å². The van der Waals surface area contributed by atoms with Crippen LogP contribution in [0.25, 0.3) is 0 Å². The Hall–Kier alpha value is -0.230. The fourth-order valence-electron chi connectivity index (χ4n) is 1.75. The lowest BCUT2D eigenvalue weighted by atomic mass is 10.1. The number of carbonyl (C=O) groups is 1. The summed E-state index contributed by atoms with van der Waals surface area (Å²) in [7, 11) is -0.277. The number of hydrogen-bond donors (Lipinski definition) is 0. The Morgan fingerprint density at radius 2 is 2.00 bits per heavy atom. The summed E-state index contributed by atoms with van der Waals surface area (Å²) in [5.74, 6) is 0.368. The van der Waals surface area contributed by atoms with Gasteiger partial charge in [0.1, 0.15) is 0 Å². The fourth-order valence-corrected chi connectivity index (χ4v) is 4.23. The highest BCUT2D eigenvalue weighted by atomic mass is 31.1. The van der Waals surface area contributed by atoms with Crippen LogP contribution >= 0.6 is 7.55 Å². The minimum Gasteiger partial charge on any atom is -0.311 e. The molecule has 1 atom stereocenters. The predicted molar refractivity (Wildman–Crippen MR) is 49.7 cm³/mol. The molecular weight excluding hydrogens is 157 g/mol. The molecule has 1 amide bonds. The highest BCUT2D eigenvalue weighted by Crippen LogP contribution is 2.48. The molecule has 2 aliphatic rings. The highest BCUT2D eigenvalue weighted by molar-refractivity contribution is 7.71. The summed E-state index contributed by atoms with van der Waals surface area (Å²) >= 11 is 0. The summed E-state index contributed by atoms with van der Waals surface area (Å²) in [4.78, 5) is 13.4. The zero-order chi connectivity index (χ0) is 8.22. The van der Waals surface area contributed by atoms with Crippen molar-refractivity contribution >= 4 is 18.9 Å². The third-order valence-corrected chi connectivity index (χ3v) is 4.50. The molecule has 0 aromatic carbocycles. The summed E-state index contributed by atoms with van der Waals surface area (Å²) in [5.41, 5.74) is 1.52. The Balaban J connectivity index is 2.26. The SMILES string of the molecule is CC(C)(C)N1C(=O)C[PH]2=C1C2. The van der Waals surface area contributed by atoms with Gasteiger partial charge in [-0.15, -0.1) is 0 Å². The van der Waals surface area contributed by atoms with Crippen molar-refractivity contribution in [3.05, 3.63) is 0 Å². The zero-order valence-electron chi connectivity index (χ0n) is 7.27. The smallest absolute Gasteiger partial charge is 0.231 e. The highest BCUT2D eigenvalue weighted by Gasteiger charge is 2.43. The van der Waals surface area contributed by atoms with E-state index in [1.54, 1.807) is 0 Å². The van der Waals surface area contributed by atoms with Crippen molar-refractivity contribution in [2.45, 2.75) is 26.3 Å². The number of hydrogen-bond acceptors (Lipinski definition) is 1. The number of amides is 1. The molecule has 0 aliphatic carbocycles. The lowest BCUT2D eigenvalue weighted by molar-refractivity contribution is -0.127. The van der Waals surface area contributed by atoms with E-state index < -0.39 is 0 Å². The molecule has 2 heterocycles. The van der Waals surface area contributed by atoms with E-state index in [0.717, 1.165) is 6.16 Å². The lowest BCUT2D eigenvalue weighted by Gasteiger charge is -2.32. The van der Waals surface area contributed by atoms with Gasteiger partial charge in [-0.1, -0.05) is 7.55 Å². The standard InChI is InChI=1S/C8H14NOP/c1-8(2,3)9-6(10)4-11-5-7(9)11/h11H,4-5H2,1-3H3. The summed E-state index contributed by atoms with van der Waals surface area (Å²) in [6, 6.07) is 0. The molecule has 2 rings (SSSR count). The van der Waals surface area contributed by atoms with Gasteiger partial charge in [0.15, 0.2) is 0 Å². The zero-order valence-corrected chi connectivity index (χ0v) is 8.27. The van der Waals surface area contributed by atoms with Crippen molar-refractivity contribution in [1.29, 1.82) is 0 Å². The summed E-state index contributed by atoms with van der Waals surface area (Å²) in [5, 5.41) is 0. The second-order valence-corrected chi connectivity index (χ2v) is 6.80. The van der Waals surface area contributed by atoms with E-state index in [1.165, 1.54) is 11.6 Å². The molecule has 0 spiro atoms. The minimum absolute atomic E-state index is 0.0370. The Bertz CT molecular complexity index is 262. The van der Waals surface area contributed by atoms with Crippen LogP contribution in [0.3, 0.4) is 0 Å². The van der Waals surface area contributed by atoms with Gasteiger partial charge < -0.3 is 4.90 Å². The monoisotopic (exact) mass is 171 g/mol. The molecule has 0 bridgehead atoms. The van der Waals surface area contributed by atoms with E-state index in [9.17, 15) is 4.79 Å². The summed E-state index contributed by atoms with van der Waals surface area (Å²) < 4.78 is 0. The van der Waals surface area contributed by atoms with Crippen molar-refractivity contribution in [1.82, 2.24) is 4.90 Å². The quantitative estimate of drug-likeness (QED) is 0.497. The first-order valence-corrected chi connectivity index (χ1v) is 5.95. The maximum atomic E-state index is 11.4. The summed E-state index contributed by atoms with van der Waals surface area (Å²) in [6.45, 7) is 6.34. The van der Waals surface area contributed by atoms with Crippen LogP contribution < -0.4 is 0 Å². The van der Waals surface area contributed by atoms with Crippen molar-refractivity contribution in [2.75, 3.05) is 12.3 Å². The first-order valence-electron chi connectivity index (χ1n) is 4.04. The average molecular weight is 171 g/mol. The van der Waals surface area contributed by atoms with Crippen LogP contribution in [0, 0.1) is 0 Å². The molecule has 2 aliphatic heterocycles. The van der Waals surface area contributed by atoms with Gasteiger partial charge in [0.05, 0.1) is 0 Å². The van der Waals surface area contributed by atoms with Crippen LogP contribution in [0.4, 0.5) is 0 Å². The largest absolute Gasteiger partial charge is 0.311 e. The molecule has 2 nitrogen and oxygen atoms in total. The molecule has 0 fully saturated rings. The van der Waals surface area contributed by atoms with E-state index in [-0.39, 0.29) is 13.1 Å². The van der Waals surface area contributed by atoms with Gasteiger partial charge in [0.25, 0.3) is 0 Å². The Labute approximate surface area is 68.0 Å². The molecule has 1 unspecified atom stereocenters. The van der Waals surface area contributed by atoms with E-state index >= 15 is 0 Å². The number of rotatable bonds is 0. The van der Waals surface area contributed by atoms with Gasteiger partial charge in [-0.25, -0.2) is 0 Å². The molecule has 0 N–H and O–H groups in total. The van der Waals surface area contributed by atoms with Gasteiger partial charge in [-0.3, -0.25) is 4.79 Å². The topological polar surface area (TPSA) is 20.3 Å². The molecule has 11 heavy (non-hydrogen) atoms. The first-order chi connectivity index (χ1) is 5.00. The van der Waals surface area contributed by atoms with E-state index in [0.29, 0.717) is 5.91 Å². The third kappa shape index (κ3) is 1.04. The Morgan fingerprint density at radius 1 is 1.36 bits per heavy atom. The molecule has 0 saturated carbocycles. The lowest BCUT2D eigenvalue weighted by Crippen LogP contribution is -2.46. The van der Waals surface area contributed by atoms with E-state index in [1.807, 2.05) is 4.90 Å². The Morgan fingerprint density at radius 3 is 2.27 bits per heavy atom. The summed E-state index contributed by atoms with van der Waals surface area (Å²) in [6.07, 6.45) is 2.14. The Kier molecular flexibility index (Phi) is 1.30. The molecular formula is C8H14NOP. The normalized spacial score (nSPS) is 29.4. The van der Waals surface area contributed by atoms with Gasteiger partial charge in [-0.05, 0) is 20.8 Å². The first kappa shape index (κ1) is 7.42. The van der Waals surface area contributed by atoms with E-state index in [4.69, 9.17) is 0 Å². The molecule has 0 aromatic rings. The van der Waals surface area contributed by atoms with Crippen molar-refractivity contribution in [3.63, 3.8) is 0 Å². The average Bonchev–Trinajstić information content (AvgIpc) is 2.38. The molecule has 3 heteroatoms. The van der Waals surface area contributed by atoms with Gasteiger partial charge >= 0.3 is 0 Å². The van der Waals surface area contributed by atoms with Crippen LogP contribution in [-0.2, 0) is 4.79 Å². The van der Waals surface area contributed by atoms with Crippen molar-refractivity contribution in [2.24, 2.45) is 0 Å². The maximum absolute atomic E-state index is 11.4. The second-order valence-electron chi connectivity index (χ2n) is 4.30. The van der Waals surface area contributed by atoms with Crippen LogP contribution in [0.5, 0.6) is 0 Å². The third-order valence-electron chi connectivity index (χ3n) is 2.22. The van der Waals surface area contributed by atoms with E-state index in [2.05, 4.69) is 20.8 Å². The van der Waals surface area contributed by atoms with Crippen LogP contribution in [-0.4, -0.2) is 34.1 Å². The maximum Gasteiger partial charge on any atom is 0.231 e. The minimum atomic E-state index is -0.277. The van der Waals surface area contributed by atoms with Crippen LogP contribution in [0.15, 0.2) is 0 Å². The fraction of sp³-hybridized carbons (Fsp3) is 0.750. The molecule has 62 valence electrons. The predicted octanol–water partition coefficient (Wildman–Crippen LogP) is 0.985. The number of nitrogens with zero attached hydrogens (tertiary/aromatic N) is 1. The van der Waals surface area contributed by atoms with Crippen LogP contribution in [0.1, 0.15) is 20.8 Å². The second kappa shape index (κ2) is 1.92. The number of carbonyl (C=O) groups excluding carboxylic acids is 1. The molecule has 0 aromatic heterocycles. The molecule has 0 saturated heterocycles. The van der Waals surface area contributed by atoms with Gasteiger partial charge in [0, 0.05) is 23.3 Å². The van der Waals surface area contributed by atoms with Crippen molar-refractivity contribution in [3.8, 4) is 0 Å².